The number of hydrogen-bond acceptors (Lipinski definition) is 3. The summed E-state index contributed by atoms with van der Waals surface area (Å²) in [5.74, 6) is 0. The molecule has 1 fully saturated rings. The van der Waals surface area contributed by atoms with Gasteiger partial charge in [-0.15, -0.1) is 11.3 Å². The van der Waals surface area contributed by atoms with E-state index < -0.39 is 0 Å². The van der Waals surface area contributed by atoms with Crippen LogP contribution in [-0.2, 0) is 6.42 Å². The minimum atomic E-state index is 0.0990. The first-order valence-corrected chi connectivity index (χ1v) is 7.65. The fourth-order valence-electron chi connectivity index (χ4n) is 3.42. The molecule has 94 valence electrons. The number of thiophene rings is 1. The van der Waals surface area contributed by atoms with Crippen LogP contribution in [-0.4, -0.2) is 23.5 Å². The van der Waals surface area contributed by atoms with E-state index in [1.807, 2.05) is 11.3 Å². The van der Waals surface area contributed by atoms with Gasteiger partial charge in [-0.3, -0.25) is 4.90 Å². The largest absolute Gasteiger partial charge is 0.324 e. The second-order valence-corrected chi connectivity index (χ2v) is 6.77. The van der Waals surface area contributed by atoms with Gasteiger partial charge in [0.05, 0.1) is 0 Å². The van der Waals surface area contributed by atoms with Gasteiger partial charge in [0.25, 0.3) is 0 Å². The second kappa shape index (κ2) is 4.38. The Bertz CT molecular complexity index is 393. The molecule has 0 radical (unpaired) electrons. The van der Waals surface area contributed by atoms with Gasteiger partial charge in [0.15, 0.2) is 0 Å². The zero-order chi connectivity index (χ0) is 11.9. The van der Waals surface area contributed by atoms with E-state index in [-0.39, 0.29) is 5.54 Å². The Morgan fingerprint density at radius 3 is 3.00 bits per heavy atom. The quantitative estimate of drug-likeness (QED) is 0.874. The van der Waals surface area contributed by atoms with Gasteiger partial charge in [0.1, 0.15) is 0 Å². The highest BCUT2D eigenvalue weighted by molar-refractivity contribution is 7.10. The summed E-state index contributed by atoms with van der Waals surface area (Å²) in [5, 5.41) is 2.23. The van der Waals surface area contributed by atoms with Crippen LogP contribution in [0.25, 0.3) is 0 Å². The molecule has 1 saturated carbocycles. The first-order chi connectivity index (χ1) is 8.18. The van der Waals surface area contributed by atoms with Crippen molar-refractivity contribution < 1.29 is 0 Å². The molecule has 17 heavy (non-hydrogen) atoms. The summed E-state index contributed by atoms with van der Waals surface area (Å²) in [5.41, 5.74) is 8.15. The molecule has 0 saturated heterocycles. The molecule has 0 amide bonds. The number of hydrogen-bond donors (Lipinski definition) is 1. The summed E-state index contributed by atoms with van der Waals surface area (Å²) in [7, 11) is 0. The fourth-order valence-corrected chi connectivity index (χ4v) is 4.38. The molecular formula is C14H22N2S. The topological polar surface area (TPSA) is 29.3 Å². The number of rotatable bonds is 2. The fraction of sp³-hybridized carbons (Fsp3) is 0.714. The molecule has 0 bridgehead atoms. The van der Waals surface area contributed by atoms with Crippen LogP contribution in [0.5, 0.6) is 0 Å². The number of fused-ring (bicyclic) bond motifs is 1. The van der Waals surface area contributed by atoms with Gasteiger partial charge in [-0.1, -0.05) is 12.8 Å². The van der Waals surface area contributed by atoms with Crippen molar-refractivity contribution in [1.82, 2.24) is 4.90 Å². The van der Waals surface area contributed by atoms with Crippen LogP contribution in [0.15, 0.2) is 11.4 Å². The Hall–Kier alpha value is -0.380. The Balaban J connectivity index is 1.73. The van der Waals surface area contributed by atoms with Crippen molar-refractivity contribution >= 4 is 11.3 Å². The van der Waals surface area contributed by atoms with Crippen LogP contribution in [0.2, 0.25) is 0 Å². The van der Waals surface area contributed by atoms with Gasteiger partial charge in [-0.2, -0.15) is 0 Å². The third-order valence-electron chi connectivity index (χ3n) is 4.52. The molecular weight excluding hydrogens is 228 g/mol. The Morgan fingerprint density at radius 1 is 1.47 bits per heavy atom. The third kappa shape index (κ3) is 2.16. The van der Waals surface area contributed by atoms with Gasteiger partial charge < -0.3 is 5.73 Å². The standard InChI is InChI=1S/C14H22N2S/c1-11-12-5-9-17-13(12)4-8-16(11)10-14(15)6-2-3-7-14/h5,9,11H,2-4,6-8,10,15H2,1H3. The van der Waals surface area contributed by atoms with Gasteiger partial charge in [0, 0.05) is 29.5 Å². The number of nitrogens with two attached hydrogens (primary N) is 1. The lowest BCUT2D eigenvalue weighted by Crippen LogP contribution is -2.50. The van der Waals surface area contributed by atoms with Crippen LogP contribution in [0.4, 0.5) is 0 Å². The van der Waals surface area contributed by atoms with Crippen LogP contribution in [0.1, 0.15) is 49.1 Å². The maximum absolute atomic E-state index is 6.51. The van der Waals surface area contributed by atoms with Gasteiger partial charge in [-0.25, -0.2) is 0 Å². The molecule has 3 heteroatoms. The van der Waals surface area contributed by atoms with E-state index in [0.29, 0.717) is 6.04 Å². The van der Waals surface area contributed by atoms with Crippen LogP contribution in [0.3, 0.4) is 0 Å². The molecule has 1 aliphatic carbocycles. The van der Waals surface area contributed by atoms with Crippen LogP contribution in [0, 0.1) is 0 Å². The minimum Gasteiger partial charge on any atom is -0.324 e. The molecule has 2 aliphatic rings. The first-order valence-electron chi connectivity index (χ1n) is 6.77. The van der Waals surface area contributed by atoms with Crippen molar-refractivity contribution in [2.45, 2.75) is 50.6 Å². The predicted molar refractivity (Wildman–Crippen MR) is 73.4 cm³/mol. The van der Waals surface area contributed by atoms with E-state index in [1.54, 1.807) is 10.4 Å². The van der Waals surface area contributed by atoms with Gasteiger partial charge in [-0.05, 0) is 43.2 Å². The van der Waals surface area contributed by atoms with E-state index in [9.17, 15) is 0 Å². The molecule has 2 N–H and O–H groups in total. The lowest BCUT2D eigenvalue weighted by atomic mass is 9.94. The molecule has 1 atom stereocenters. The average Bonchev–Trinajstić information content (AvgIpc) is 2.92. The average molecular weight is 250 g/mol. The summed E-state index contributed by atoms with van der Waals surface area (Å²) in [6.45, 7) is 4.61. The molecule has 0 aromatic carbocycles. The smallest absolute Gasteiger partial charge is 0.0331 e. The second-order valence-electron chi connectivity index (χ2n) is 5.77. The highest BCUT2D eigenvalue weighted by atomic mass is 32.1. The van der Waals surface area contributed by atoms with Crippen molar-refractivity contribution in [3.05, 3.63) is 21.9 Å². The third-order valence-corrected chi connectivity index (χ3v) is 5.52. The summed E-state index contributed by atoms with van der Waals surface area (Å²) < 4.78 is 0. The number of nitrogens with zero attached hydrogens (tertiary/aromatic N) is 1. The summed E-state index contributed by atoms with van der Waals surface area (Å²) in [6, 6.07) is 2.86. The summed E-state index contributed by atoms with van der Waals surface area (Å²) in [6.07, 6.45) is 6.29. The van der Waals surface area contributed by atoms with E-state index in [2.05, 4.69) is 23.3 Å². The maximum atomic E-state index is 6.51. The van der Waals surface area contributed by atoms with E-state index in [0.717, 1.165) is 6.54 Å². The van der Waals surface area contributed by atoms with E-state index in [4.69, 9.17) is 5.73 Å². The lowest BCUT2D eigenvalue weighted by molar-refractivity contribution is 0.154. The highest BCUT2D eigenvalue weighted by Gasteiger charge is 2.34. The maximum Gasteiger partial charge on any atom is 0.0331 e. The molecule has 2 heterocycles. The summed E-state index contributed by atoms with van der Waals surface area (Å²) in [4.78, 5) is 4.19. The van der Waals surface area contributed by atoms with Crippen molar-refractivity contribution in [3.63, 3.8) is 0 Å². The lowest BCUT2D eigenvalue weighted by Gasteiger charge is -2.39. The molecule has 1 aromatic heterocycles. The van der Waals surface area contributed by atoms with E-state index >= 15 is 0 Å². The molecule has 0 spiro atoms. The monoisotopic (exact) mass is 250 g/mol. The zero-order valence-corrected chi connectivity index (χ0v) is 11.4. The summed E-state index contributed by atoms with van der Waals surface area (Å²) >= 11 is 1.92. The Labute approximate surface area is 108 Å². The van der Waals surface area contributed by atoms with Crippen molar-refractivity contribution in [2.24, 2.45) is 5.73 Å². The minimum absolute atomic E-state index is 0.0990. The van der Waals surface area contributed by atoms with E-state index in [1.165, 1.54) is 38.6 Å². The first kappa shape index (κ1) is 11.7. The zero-order valence-electron chi connectivity index (χ0n) is 10.6. The van der Waals surface area contributed by atoms with Crippen LogP contribution >= 0.6 is 11.3 Å². The van der Waals surface area contributed by atoms with Crippen LogP contribution < -0.4 is 5.73 Å². The normalized spacial score (nSPS) is 28.2. The van der Waals surface area contributed by atoms with Gasteiger partial charge in [0.2, 0.25) is 0 Å². The predicted octanol–water partition coefficient (Wildman–Crippen LogP) is 2.94. The van der Waals surface area contributed by atoms with Crippen molar-refractivity contribution in [3.8, 4) is 0 Å². The van der Waals surface area contributed by atoms with Gasteiger partial charge >= 0.3 is 0 Å². The SMILES string of the molecule is CC1c2ccsc2CCN1CC1(N)CCCC1. The molecule has 2 nitrogen and oxygen atoms in total. The molecule has 3 rings (SSSR count). The highest BCUT2D eigenvalue weighted by Crippen LogP contribution is 2.36. The molecule has 1 aliphatic heterocycles. The Morgan fingerprint density at radius 2 is 2.24 bits per heavy atom. The molecule has 1 unspecified atom stereocenters. The van der Waals surface area contributed by atoms with Crippen molar-refractivity contribution in [1.29, 1.82) is 0 Å². The Kier molecular flexibility index (Phi) is 3.01. The van der Waals surface area contributed by atoms with Crippen molar-refractivity contribution in [2.75, 3.05) is 13.1 Å². The molecule has 1 aromatic rings.